The number of rotatable bonds is 13. The summed E-state index contributed by atoms with van der Waals surface area (Å²) in [6, 6.07) is 15.6. The van der Waals surface area contributed by atoms with Gasteiger partial charge in [-0.1, -0.05) is 24.3 Å². The van der Waals surface area contributed by atoms with Crippen molar-refractivity contribution in [2.24, 2.45) is 0 Å². The minimum atomic E-state index is -0.625. The molecule has 0 heterocycles. The van der Waals surface area contributed by atoms with Crippen LogP contribution in [-0.4, -0.2) is 64.0 Å². The number of para-hydroxylation sites is 1. The first-order valence-electron chi connectivity index (χ1n) is 10.6. The number of methoxy groups -OCH3 is 3. The molecular formula is C24H32N2O5. The van der Waals surface area contributed by atoms with Gasteiger partial charge in [-0.05, 0) is 42.7 Å². The van der Waals surface area contributed by atoms with Gasteiger partial charge >= 0.3 is 0 Å². The van der Waals surface area contributed by atoms with Crippen molar-refractivity contribution >= 4 is 5.91 Å². The summed E-state index contributed by atoms with van der Waals surface area (Å²) in [5.41, 5.74) is 1.05. The number of ether oxygens (including phenoxy) is 4. The number of nitrogens with zero attached hydrogens (tertiary/aromatic N) is 1. The van der Waals surface area contributed by atoms with Crippen LogP contribution < -0.4 is 19.5 Å². The Morgan fingerprint density at radius 2 is 1.81 bits per heavy atom. The molecule has 7 heteroatoms. The highest BCUT2D eigenvalue weighted by molar-refractivity contribution is 5.82. The van der Waals surface area contributed by atoms with E-state index in [1.807, 2.05) is 48.5 Å². The molecule has 3 rings (SSSR count). The number of amides is 1. The Morgan fingerprint density at radius 3 is 2.45 bits per heavy atom. The summed E-state index contributed by atoms with van der Waals surface area (Å²) in [6.07, 6.45) is 1.44. The maximum atomic E-state index is 12.9. The molecule has 0 unspecified atom stereocenters. The summed E-state index contributed by atoms with van der Waals surface area (Å²) in [7, 11) is 4.91. The first kappa shape index (κ1) is 22.9. The Balaban J connectivity index is 1.75. The van der Waals surface area contributed by atoms with Gasteiger partial charge in [0.1, 0.15) is 5.75 Å². The lowest BCUT2D eigenvalue weighted by molar-refractivity contribution is -0.129. The summed E-state index contributed by atoms with van der Waals surface area (Å²) >= 11 is 0. The third-order valence-electron chi connectivity index (χ3n) is 5.13. The van der Waals surface area contributed by atoms with E-state index in [0.717, 1.165) is 18.4 Å². The molecule has 31 heavy (non-hydrogen) atoms. The summed E-state index contributed by atoms with van der Waals surface area (Å²) in [5.74, 6) is 1.95. The fourth-order valence-corrected chi connectivity index (χ4v) is 3.29. The maximum Gasteiger partial charge on any atom is 0.262 e. The monoisotopic (exact) mass is 428 g/mol. The zero-order chi connectivity index (χ0) is 22.1. The van der Waals surface area contributed by atoms with Crippen molar-refractivity contribution in [1.29, 1.82) is 0 Å². The number of carbonyl (C=O) groups is 1. The standard InChI is InChI=1S/C24H32N2O5/c1-28-14-13-26(16-18-9-12-21(29-2)22(15-18)30-3)17-23(24(27)25-19-10-11-19)31-20-7-5-4-6-8-20/h4-9,12,15,19,23H,10-11,13-14,16-17H2,1-3H3,(H,25,27)/t23-/m1/s1. The highest BCUT2D eigenvalue weighted by Crippen LogP contribution is 2.28. The molecule has 0 spiro atoms. The van der Waals surface area contributed by atoms with Crippen LogP contribution in [0.2, 0.25) is 0 Å². The van der Waals surface area contributed by atoms with Gasteiger partial charge in [-0.3, -0.25) is 9.69 Å². The van der Waals surface area contributed by atoms with Crippen LogP contribution in [0.5, 0.6) is 17.2 Å². The molecule has 0 aliphatic heterocycles. The van der Waals surface area contributed by atoms with Crippen LogP contribution >= 0.6 is 0 Å². The van der Waals surface area contributed by atoms with E-state index in [-0.39, 0.29) is 11.9 Å². The van der Waals surface area contributed by atoms with E-state index >= 15 is 0 Å². The topological polar surface area (TPSA) is 69.3 Å². The van der Waals surface area contributed by atoms with Crippen LogP contribution in [0.15, 0.2) is 48.5 Å². The number of hydrogen-bond donors (Lipinski definition) is 1. The fraction of sp³-hybridized carbons (Fsp3) is 0.458. The number of carbonyl (C=O) groups excluding carboxylic acids is 1. The summed E-state index contributed by atoms with van der Waals surface area (Å²) in [5, 5.41) is 3.07. The third-order valence-corrected chi connectivity index (χ3v) is 5.13. The van der Waals surface area contributed by atoms with E-state index in [4.69, 9.17) is 18.9 Å². The van der Waals surface area contributed by atoms with Gasteiger partial charge in [0.15, 0.2) is 17.6 Å². The van der Waals surface area contributed by atoms with Crippen molar-refractivity contribution < 1.29 is 23.7 Å². The van der Waals surface area contributed by atoms with E-state index in [1.165, 1.54) is 0 Å². The molecule has 0 aromatic heterocycles. The predicted octanol–water partition coefficient (Wildman–Crippen LogP) is 2.88. The largest absolute Gasteiger partial charge is 0.493 e. The lowest BCUT2D eigenvalue weighted by Gasteiger charge is -2.27. The Hall–Kier alpha value is -2.77. The molecule has 0 bridgehead atoms. The van der Waals surface area contributed by atoms with Crippen LogP contribution in [0.3, 0.4) is 0 Å². The highest BCUT2D eigenvalue weighted by atomic mass is 16.5. The minimum Gasteiger partial charge on any atom is -0.493 e. The SMILES string of the molecule is COCCN(Cc1ccc(OC)c(OC)c1)C[C@@H](Oc1ccccc1)C(=O)NC1CC1. The van der Waals surface area contributed by atoms with Gasteiger partial charge in [0, 0.05) is 32.8 Å². The lowest BCUT2D eigenvalue weighted by atomic mass is 10.1. The van der Waals surface area contributed by atoms with Crippen LogP contribution in [-0.2, 0) is 16.1 Å². The van der Waals surface area contributed by atoms with Gasteiger partial charge in [-0.2, -0.15) is 0 Å². The molecule has 2 aromatic rings. The summed E-state index contributed by atoms with van der Waals surface area (Å²) in [4.78, 5) is 15.1. The van der Waals surface area contributed by atoms with E-state index in [9.17, 15) is 4.79 Å². The van der Waals surface area contributed by atoms with Gasteiger partial charge in [0.2, 0.25) is 0 Å². The van der Waals surface area contributed by atoms with Gasteiger partial charge in [-0.15, -0.1) is 0 Å². The minimum absolute atomic E-state index is 0.0823. The molecule has 1 aliphatic rings. The first-order valence-corrected chi connectivity index (χ1v) is 10.6. The van der Waals surface area contributed by atoms with Gasteiger partial charge in [-0.25, -0.2) is 0 Å². The molecule has 2 aromatic carbocycles. The average molecular weight is 429 g/mol. The molecule has 1 atom stereocenters. The van der Waals surface area contributed by atoms with Crippen LogP contribution in [0.4, 0.5) is 0 Å². The zero-order valence-corrected chi connectivity index (χ0v) is 18.5. The smallest absolute Gasteiger partial charge is 0.262 e. The lowest BCUT2D eigenvalue weighted by Crippen LogP contribution is -2.47. The molecule has 7 nitrogen and oxygen atoms in total. The van der Waals surface area contributed by atoms with Crippen molar-refractivity contribution in [2.45, 2.75) is 31.5 Å². The molecule has 0 radical (unpaired) electrons. The second kappa shape index (κ2) is 11.6. The van der Waals surface area contributed by atoms with Gasteiger partial charge in [0.25, 0.3) is 5.91 Å². The second-order valence-electron chi connectivity index (χ2n) is 7.62. The van der Waals surface area contributed by atoms with E-state index in [0.29, 0.717) is 43.5 Å². The van der Waals surface area contributed by atoms with Crippen molar-refractivity contribution in [3.8, 4) is 17.2 Å². The highest BCUT2D eigenvalue weighted by Gasteiger charge is 2.30. The van der Waals surface area contributed by atoms with Gasteiger partial charge in [0.05, 0.1) is 20.8 Å². The van der Waals surface area contributed by atoms with Crippen LogP contribution in [0.25, 0.3) is 0 Å². The quantitative estimate of drug-likeness (QED) is 0.529. The average Bonchev–Trinajstić information content (AvgIpc) is 3.61. The van der Waals surface area contributed by atoms with Crippen molar-refractivity contribution in [3.05, 3.63) is 54.1 Å². The summed E-state index contributed by atoms with van der Waals surface area (Å²) in [6.45, 7) is 2.27. The molecule has 168 valence electrons. The Morgan fingerprint density at radius 1 is 1.06 bits per heavy atom. The second-order valence-corrected chi connectivity index (χ2v) is 7.62. The molecule has 1 saturated carbocycles. The van der Waals surface area contributed by atoms with E-state index in [1.54, 1.807) is 21.3 Å². The normalized spacial score (nSPS) is 14.2. The molecule has 1 amide bonds. The van der Waals surface area contributed by atoms with Crippen LogP contribution in [0, 0.1) is 0 Å². The zero-order valence-electron chi connectivity index (χ0n) is 18.5. The first-order chi connectivity index (χ1) is 15.1. The van der Waals surface area contributed by atoms with Crippen molar-refractivity contribution in [2.75, 3.05) is 41.0 Å². The summed E-state index contributed by atoms with van der Waals surface area (Å²) < 4.78 is 22.2. The van der Waals surface area contributed by atoms with Crippen molar-refractivity contribution in [1.82, 2.24) is 10.2 Å². The Bertz CT molecular complexity index is 826. The van der Waals surface area contributed by atoms with E-state index in [2.05, 4.69) is 10.2 Å². The Labute approximate surface area is 184 Å². The molecule has 0 saturated heterocycles. The fourth-order valence-electron chi connectivity index (χ4n) is 3.29. The maximum absolute atomic E-state index is 12.9. The van der Waals surface area contributed by atoms with E-state index < -0.39 is 6.10 Å². The Kier molecular flexibility index (Phi) is 8.55. The predicted molar refractivity (Wildman–Crippen MR) is 119 cm³/mol. The number of nitrogens with one attached hydrogen (secondary N) is 1. The van der Waals surface area contributed by atoms with Crippen LogP contribution in [0.1, 0.15) is 18.4 Å². The third kappa shape index (κ3) is 7.15. The molecule has 1 N–H and O–H groups in total. The molecular weight excluding hydrogens is 396 g/mol. The molecule has 1 aliphatic carbocycles. The van der Waals surface area contributed by atoms with Crippen molar-refractivity contribution in [3.63, 3.8) is 0 Å². The molecule has 1 fully saturated rings. The number of benzene rings is 2. The number of hydrogen-bond acceptors (Lipinski definition) is 6. The van der Waals surface area contributed by atoms with Gasteiger partial charge < -0.3 is 24.3 Å².